The predicted octanol–water partition coefficient (Wildman–Crippen LogP) is 1.53. The highest BCUT2D eigenvalue weighted by atomic mass is 16.3. The third-order valence-corrected chi connectivity index (χ3v) is 3.98. The molecular weight excluding hydrogens is 254 g/mol. The SMILES string of the molecule is Cc1nc2ccccn2c1C(=O)NCC(C)(O)C1CC1. The van der Waals surface area contributed by atoms with E-state index in [4.69, 9.17) is 0 Å². The molecule has 5 nitrogen and oxygen atoms in total. The minimum absolute atomic E-state index is 0.192. The van der Waals surface area contributed by atoms with Crippen LogP contribution in [0.2, 0.25) is 0 Å². The summed E-state index contributed by atoms with van der Waals surface area (Å²) in [6.07, 6.45) is 3.90. The molecule has 5 heteroatoms. The lowest BCUT2D eigenvalue weighted by atomic mass is 10.0. The zero-order valence-corrected chi connectivity index (χ0v) is 11.8. The van der Waals surface area contributed by atoms with Gasteiger partial charge in [-0.15, -0.1) is 0 Å². The predicted molar refractivity (Wildman–Crippen MR) is 75.6 cm³/mol. The van der Waals surface area contributed by atoms with E-state index in [-0.39, 0.29) is 12.5 Å². The van der Waals surface area contributed by atoms with E-state index >= 15 is 0 Å². The molecule has 0 bridgehead atoms. The molecule has 106 valence electrons. The number of aryl methyl sites for hydroxylation is 1. The lowest BCUT2D eigenvalue weighted by molar-refractivity contribution is 0.0353. The molecule has 1 atom stereocenters. The number of nitrogens with one attached hydrogen (secondary N) is 1. The summed E-state index contributed by atoms with van der Waals surface area (Å²) >= 11 is 0. The van der Waals surface area contributed by atoms with Crippen molar-refractivity contribution in [3.05, 3.63) is 35.8 Å². The van der Waals surface area contributed by atoms with Crippen LogP contribution >= 0.6 is 0 Å². The molecule has 1 aliphatic rings. The molecule has 1 saturated carbocycles. The third-order valence-electron chi connectivity index (χ3n) is 3.98. The number of hydrogen-bond donors (Lipinski definition) is 2. The van der Waals surface area contributed by atoms with Crippen molar-refractivity contribution < 1.29 is 9.90 Å². The first kappa shape index (κ1) is 13.1. The van der Waals surface area contributed by atoms with Gasteiger partial charge in [0.15, 0.2) is 0 Å². The highest BCUT2D eigenvalue weighted by molar-refractivity contribution is 5.94. The van der Waals surface area contributed by atoms with E-state index < -0.39 is 5.60 Å². The third kappa shape index (κ3) is 2.29. The second kappa shape index (κ2) is 4.59. The van der Waals surface area contributed by atoms with Gasteiger partial charge in [0, 0.05) is 12.7 Å². The Kier molecular flexibility index (Phi) is 3.01. The maximum Gasteiger partial charge on any atom is 0.270 e. The van der Waals surface area contributed by atoms with Crippen LogP contribution in [-0.2, 0) is 0 Å². The van der Waals surface area contributed by atoms with Gasteiger partial charge in [0.2, 0.25) is 0 Å². The number of hydrogen-bond acceptors (Lipinski definition) is 3. The number of pyridine rings is 1. The number of carbonyl (C=O) groups excluding carboxylic acids is 1. The molecule has 1 amide bonds. The molecule has 1 unspecified atom stereocenters. The number of aromatic nitrogens is 2. The molecule has 20 heavy (non-hydrogen) atoms. The largest absolute Gasteiger partial charge is 0.388 e. The Balaban J connectivity index is 1.80. The number of aliphatic hydroxyl groups is 1. The van der Waals surface area contributed by atoms with Gasteiger partial charge in [-0.25, -0.2) is 4.98 Å². The molecule has 3 rings (SSSR count). The number of nitrogens with zero attached hydrogens (tertiary/aromatic N) is 2. The minimum atomic E-state index is -0.815. The van der Waals surface area contributed by atoms with Crippen LogP contribution < -0.4 is 5.32 Å². The van der Waals surface area contributed by atoms with Crippen LogP contribution in [-0.4, -0.2) is 32.5 Å². The summed E-state index contributed by atoms with van der Waals surface area (Å²) in [4.78, 5) is 16.7. The van der Waals surface area contributed by atoms with E-state index in [2.05, 4.69) is 10.3 Å². The molecule has 1 fully saturated rings. The highest BCUT2D eigenvalue weighted by Gasteiger charge is 2.40. The van der Waals surface area contributed by atoms with Gasteiger partial charge < -0.3 is 10.4 Å². The number of fused-ring (bicyclic) bond motifs is 1. The van der Waals surface area contributed by atoms with Crippen molar-refractivity contribution in [3.63, 3.8) is 0 Å². The van der Waals surface area contributed by atoms with Gasteiger partial charge in [0.1, 0.15) is 11.3 Å². The standard InChI is InChI=1S/C15H19N3O2/c1-10-13(18-8-4-3-5-12(18)17-10)14(19)16-9-15(2,20)11-6-7-11/h3-5,8,11,20H,6-7,9H2,1-2H3,(H,16,19). The van der Waals surface area contributed by atoms with Gasteiger partial charge in [-0.2, -0.15) is 0 Å². The topological polar surface area (TPSA) is 66.6 Å². The van der Waals surface area contributed by atoms with Crippen molar-refractivity contribution in [2.45, 2.75) is 32.3 Å². The van der Waals surface area contributed by atoms with E-state index in [9.17, 15) is 9.90 Å². The van der Waals surface area contributed by atoms with E-state index in [0.29, 0.717) is 17.3 Å². The average Bonchev–Trinajstić information content (AvgIpc) is 3.20. The Morgan fingerprint density at radius 3 is 3.00 bits per heavy atom. The van der Waals surface area contributed by atoms with Crippen LogP contribution in [0, 0.1) is 12.8 Å². The maximum absolute atomic E-state index is 12.3. The molecule has 0 aromatic carbocycles. The van der Waals surface area contributed by atoms with Crippen molar-refractivity contribution in [2.75, 3.05) is 6.54 Å². The molecule has 0 spiro atoms. The van der Waals surface area contributed by atoms with Crippen molar-refractivity contribution in [1.82, 2.24) is 14.7 Å². The molecule has 2 aromatic heterocycles. The van der Waals surface area contributed by atoms with E-state index in [1.54, 1.807) is 11.3 Å². The molecule has 2 aromatic rings. The lowest BCUT2D eigenvalue weighted by Crippen LogP contribution is -2.42. The van der Waals surface area contributed by atoms with Crippen molar-refractivity contribution in [3.8, 4) is 0 Å². The van der Waals surface area contributed by atoms with Gasteiger partial charge in [-0.3, -0.25) is 9.20 Å². The van der Waals surface area contributed by atoms with Gasteiger partial charge >= 0.3 is 0 Å². The molecule has 2 heterocycles. The van der Waals surface area contributed by atoms with Gasteiger partial charge in [0.25, 0.3) is 5.91 Å². The number of carbonyl (C=O) groups is 1. The molecule has 1 aliphatic carbocycles. The van der Waals surface area contributed by atoms with Crippen LogP contribution in [0.25, 0.3) is 5.65 Å². The summed E-state index contributed by atoms with van der Waals surface area (Å²) in [6.45, 7) is 3.88. The summed E-state index contributed by atoms with van der Waals surface area (Å²) in [5, 5.41) is 13.1. The van der Waals surface area contributed by atoms with E-state index in [1.807, 2.05) is 31.3 Å². The molecular formula is C15H19N3O2. The van der Waals surface area contributed by atoms with Crippen LogP contribution in [0.4, 0.5) is 0 Å². The minimum Gasteiger partial charge on any atom is -0.388 e. The second-order valence-electron chi connectivity index (χ2n) is 5.79. The monoisotopic (exact) mass is 273 g/mol. The Morgan fingerprint density at radius 1 is 1.55 bits per heavy atom. The van der Waals surface area contributed by atoms with Crippen LogP contribution in [0.3, 0.4) is 0 Å². The Bertz CT molecular complexity index is 656. The summed E-state index contributed by atoms with van der Waals surface area (Å²) in [6, 6.07) is 5.62. The van der Waals surface area contributed by atoms with Crippen LogP contribution in [0.1, 0.15) is 35.9 Å². The maximum atomic E-state index is 12.3. The lowest BCUT2D eigenvalue weighted by Gasteiger charge is -2.23. The van der Waals surface area contributed by atoms with Gasteiger partial charge in [0.05, 0.1) is 11.3 Å². The quantitative estimate of drug-likeness (QED) is 0.888. The normalized spacial score (nSPS) is 17.9. The van der Waals surface area contributed by atoms with Crippen molar-refractivity contribution in [2.24, 2.45) is 5.92 Å². The fraction of sp³-hybridized carbons (Fsp3) is 0.467. The fourth-order valence-electron chi connectivity index (χ4n) is 2.58. The second-order valence-corrected chi connectivity index (χ2v) is 5.79. The molecule has 0 radical (unpaired) electrons. The number of imidazole rings is 1. The molecule has 0 saturated heterocycles. The van der Waals surface area contributed by atoms with E-state index in [1.165, 1.54) is 0 Å². The fourth-order valence-corrected chi connectivity index (χ4v) is 2.58. The summed E-state index contributed by atoms with van der Waals surface area (Å²) < 4.78 is 1.77. The summed E-state index contributed by atoms with van der Waals surface area (Å²) in [5.74, 6) is 0.119. The average molecular weight is 273 g/mol. The van der Waals surface area contributed by atoms with Crippen LogP contribution in [0.5, 0.6) is 0 Å². The van der Waals surface area contributed by atoms with Gasteiger partial charge in [-0.1, -0.05) is 6.07 Å². The highest BCUT2D eigenvalue weighted by Crippen LogP contribution is 2.39. The Hall–Kier alpha value is -1.88. The van der Waals surface area contributed by atoms with Crippen LogP contribution in [0.15, 0.2) is 24.4 Å². The summed E-state index contributed by atoms with van der Waals surface area (Å²) in [7, 11) is 0. The zero-order chi connectivity index (χ0) is 14.3. The van der Waals surface area contributed by atoms with E-state index in [0.717, 1.165) is 18.5 Å². The smallest absolute Gasteiger partial charge is 0.270 e. The van der Waals surface area contributed by atoms with Crippen molar-refractivity contribution in [1.29, 1.82) is 0 Å². The Labute approximate surface area is 117 Å². The van der Waals surface area contributed by atoms with Crippen molar-refractivity contribution >= 4 is 11.6 Å². The Morgan fingerprint density at radius 2 is 2.30 bits per heavy atom. The number of amides is 1. The first-order chi connectivity index (χ1) is 9.49. The first-order valence-electron chi connectivity index (χ1n) is 6.93. The molecule has 2 N–H and O–H groups in total. The zero-order valence-electron chi connectivity index (χ0n) is 11.8. The number of rotatable bonds is 4. The summed E-state index contributed by atoms with van der Waals surface area (Å²) in [5.41, 5.74) is 1.17. The molecule has 0 aliphatic heterocycles. The first-order valence-corrected chi connectivity index (χ1v) is 6.93. The van der Waals surface area contributed by atoms with Gasteiger partial charge in [-0.05, 0) is 44.7 Å².